The maximum absolute atomic E-state index is 7.68. The number of nitrogens with one attached hydrogen (secondary N) is 1. The van der Waals surface area contributed by atoms with Crippen LogP contribution in [-0.2, 0) is 0 Å². The zero-order valence-corrected chi connectivity index (χ0v) is 12.8. The molecule has 0 fully saturated rings. The fraction of sp³-hybridized carbons (Fsp3) is 0. The number of aromatic nitrogens is 3. The van der Waals surface area contributed by atoms with Gasteiger partial charge in [0.15, 0.2) is 0 Å². The van der Waals surface area contributed by atoms with Gasteiger partial charge in [-0.15, -0.1) is 0 Å². The van der Waals surface area contributed by atoms with Gasteiger partial charge in [-0.25, -0.2) is 4.98 Å². The molecule has 24 heavy (non-hydrogen) atoms. The Balaban J connectivity index is 2.03. The summed E-state index contributed by atoms with van der Waals surface area (Å²) in [6, 6.07) is 19.3. The first-order valence-corrected chi connectivity index (χ1v) is 7.57. The van der Waals surface area contributed by atoms with Crippen molar-refractivity contribution in [1.29, 1.82) is 5.41 Å². The highest BCUT2D eigenvalue weighted by atomic mass is 15.0. The first-order valence-electron chi connectivity index (χ1n) is 7.57. The number of fused-ring (bicyclic) bond motifs is 1. The average molecular weight is 313 g/mol. The second-order valence-corrected chi connectivity index (χ2v) is 5.45. The first-order chi connectivity index (χ1) is 11.7. The predicted octanol–water partition coefficient (Wildman–Crippen LogP) is 3.35. The number of nitrogens with two attached hydrogens (primary N) is 1. The minimum atomic E-state index is 0.0463. The van der Waals surface area contributed by atoms with Crippen LogP contribution < -0.4 is 5.73 Å². The standard InChI is InChI=1S/C19H15N5/c20-19(21)14-7-5-6-13(12-14)18-17(15-8-1-3-10-22-15)23-16-9-2-4-11-24(16)18/h1-12H,(H3,20,21). The number of amidine groups is 1. The summed E-state index contributed by atoms with van der Waals surface area (Å²) in [4.78, 5) is 9.19. The zero-order chi connectivity index (χ0) is 16.5. The van der Waals surface area contributed by atoms with Crippen molar-refractivity contribution in [3.63, 3.8) is 0 Å². The Morgan fingerprint density at radius 3 is 2.67 bits per heavy atom. The maximum Gasteiger partial charge on any atom is 0.138 e. The quantitative estimate of drug-likeness (QED) is 0.449. The van der Waals surface area contributed by atoms with Crippen molar-refractivity contribution in [2.24, 2.45) is 5.73 Å². The largest absolute Gasteiger partial charge is 0.384 e. The van der Waals surface area contributed by atoms with Crippen LogP contribution in [-0.4, -0.2) is 20.2 Å². The van der Waals surface area contributed by atoms with E-state index in [1.807, 2.05) is 71.3 Å². The second kappa shape index (κ2) is 5.62. The Morgan fingerprint density at radius 1 is 1.00 bits per heavy atom. The van der Waals surface area contributed by atoms with Gasteiger partial charge >= 0.3 is 0 Å². The van der Waals surface area contributed by atoms with Crippen molar-refractivity contribution in [2.45, 2.75) is 0 Å². The number of nitrogens with zero attached hydrogens (tertiary/aromatic N) is 3. The molecular weight excluding hydrogens is 298 g/mol. The van der Waals surface area contributed by atoms with Gasteiger partial charge in [0.25, 0.3) is 0 Å². The number of nitrogen functional groups attached to an aromatic ring is 1. The van der Waals surface area contributed by atoms with Gasteiger partial charge in [-0.2, -0.15) is 0 Å². The molecule has 0 unspecified atom stereocenters. The normalized spacial score (nSPS) is 10.8. The van der Waals surface area contributed by atoms with Crippen molar-refractivity contribution in [1.82, 2.24) is 14.4 Å². The van der Waals surface area contributed by atoms with Gasteiger partial charge in [-0.05, 0) is 30.3 Å². The molecule has 3 heterocycles. The minimum absolute atomic E-state index is 0.0463. The summed E-state index contributed by atoms with van der Waals surface area (Å²) >= 11 is 0. The number of benzene rings is 1. The molecule has 3 N–H and O–H groups in total. The molecule has 1 aromatic carbocycles. The highest BCUT2D eigenvalue weighted by Crippen LogP contribution is 2.32. The lowest BCUT2D eigenvalue weighted by Gasteiger charge is -2.07. The molecule has 0 aliphatic carbocycles. The molecule has 0 bridgehead atoms. The monoisotopic (exact) mass is 313 g/mol. The Hall–Kier alpha value is -3.47. The van der Waals surface area contributed by atoms with Crippen molar-refractivity contribution < 1.29 is 0 Å². The third-order valence-corrected chi connectivity index (χ3v) is 3.88. The molecular formula is C19H15N5. The van der Waals surface area contributed by atoms with Gasteiger partial charge in [-0.1, -0.05) is 30.3 Å². The lowest BCUT2D eigenvalue weighted by Crippen LogP contribution is -2.10. The summed E-state index contributed by atoms with van der Waals surface area (Å²) in [7, 11) is 0. The Kier molecular flexibility index (Phi) is 3.31. The van der Waals surface area contributed by atoms with Crippen LogP contribution in [0.15, 0.2) is 73.1 Å². The SMILES string of the molecule is N=C(N)c1cccc(-c2c(-c3ccccn3)nc3ccccn23)c1. The smallest absolute Gasteiger partial charge is 0.138 e. The fourth-order valence-corrected chi connectivity index (χ4v) is 2.79. The summed E-state index contributed by atoms with van der Waals surface area (Å²) in [5.74, 6) is 0.0463. The molecule has 0 spiro atoms. The van der Waals surface area contributed by atoms with E-state index < -0.39 is 0 Å². The predicted molar refractivity (Wildman–Crippen MR) is 94.9 cm³/mol. The van der Waals surface area contributed by atoms with E-state index in [1.165, 1.54) is 0 Å². The number of hydrogen-bond acceptors (Lipinski definition) is 3. The summed E-state index contributed by atoms with van der Waals surface area (Å²) in [6.07, 6.45) is 3.74. The Bertz CT molecular complexity index is 1030. The fourth-order valence-electron chi connectivity index (χ4n) is 2.79. The van der Waals surface area contributed by atoms with E-state index in [1.54, 1.807) is 6.20 Å². The molecule has 5 nitrogen and oxygen atoms in total. The van der Waals surface area contributed by atoms with Gasteiger partial charge in [0.2, 0.25) is 0 Å². The van der Waals surface area contributed by atoms with Crippen LogP contribution in [0.2, 0.25) is 0 Å². The van der Waals surface area contributed by atoms with E-state index in [-0.39, 0.29) is 5.84 Å². The van der Waals surface area contributed by atoms with Crippen molar-refractivity contribution in [3.05, 3.63) is 78.6 Å². The van der Waals surface area contributed by atoms with E-state index in [4.69, 9.17) is 16.1 Å². The van der Waals surface area contributed by atoms with Crippen LogP contribution in [0.3, 0.4) is 0 Å². The minimum Gasteiger partial charge on any atom is -0.384 e. The van der Waals surface area contributed by atoms with Gasteiger partial charge in [-0.3, -0.25) is 14.8 Å². The molecule has 0 radical (unpaired) electrons. The van der Waals surface area contributed by atoms with E-state index in [9.17, 15) is 0 Å². The van der Waals surface area contributed by atoms with Crippen molar-refractivity contribution in [3.8, 4) is 22.6 Å². The van der Waals surface area contributed by atoms with Gasteiger partial charge in [0.05, 0.1) is 11.4 Å². The molecule has 4 aromatic rings. The van der Waals surface area contributed by atoms with Crippen LogP contribution in [0, 0.1) is 5.41 Å². The van der Waals surface area contributed by atoms with Gasteiger partial charge in [0.1, 0.15) is 17.2 Å². The van der Waals surface area contributed by atoms with E-state index in [0.29, 0.717) is 5.56 Å². The molecule has 0 atom stereocenters. The summed E-state index contributed by atoms with van der Waals surface area (Å²) in [5.41, 5.74) is 10.7. The second-order valence-electron chi connectivity index (χ2n) is 5.45. The lowest BCUT2D eigenvalue weighted by atomic mass is 10.0. The number of pyridine rings is 2. The summed E-state index contributed by atoms with van der Waals surface area (Å²) in [5, 5.41) is 7.68. The molecule has 0 amide bonds. The van der Waals surface area contributed by atoms with Gasteiger partial charge < -0.3 is 5.73 Å². The van der Waals surface area contributed by atoms with Gasteiger partial charge in [0, 0.05) is 23.5 Å². The third kappa shape index (κ3) is 2.32. The van der Waals surface area contributed by atoms with Crippen LogP contribution in [0.4, 0.5) is 0 Å². The summed E-state index contributed by atoms with van der Waals surface area (Å²) in [6.45, 7) is 0. The molecule has 3 aromatic heterocycles. The highest BCUT2D eigenvalue weighted by molar-refractivity contribution is 5.96. The maximum atomic E-state index is 7.68. The molecule has 116 valence electrons. The third-order valence-electron chi connectivity index (χ3n) is 3.88. The lowest BCUT2D eigenvalue weighted by molar-refractivity contribution is 1.19. The molecule has 5 heteroatoms. The number of imidazole rings is 1. The topological polar surface area (TPSA) is 80.1 Å². The molecule has 0 aliphatic rings. The first kappa shape index (κ1) is 14.1. The summed E-state index contributed by atoms with van der Waals surface area (Å²) < 4.78 is 2.03. The van der Waals surface area contributed by atoms with E-state index >= 15 is 0 Å². The molecule has 0 aliphatic heterocycles. The van der Waals surface area contributed by atoms with Crippen molar-refractivity contribution in [2.75, 3.05) is 0 Å². The number of hydrogen-bond donors (Lipinski definition) is 2. The van der Waals surface area contributed by atoms with Crippen LogP contribution in [0.25, 0.3) is 28.3 Å². The highest BCUT2D eigenvalue weighted by Gasteiger charge is 2.16. The average Bonchev–Trinajstić information content (AvgIpc) is 3.02. The van der Waals surface area contributed by atoms with Crippen LogP contribution in [0.5, 0.6) is 0 Å². The Labute approximate surface area is 138 Å². The number of rotatable bonds is 3. The molecule has 0 saturated carbocycles. The zero-order valence-electron chi connectivity index (χ0n) is 12.8. The molecule has 0 saturated heterocycles. The van der Waals surface area contributed by atoms with E-state index in [2.05, 4.69) is 4.98 Å². The van der Waals surface area contributed by atoms with Crippen molar-refractivity contribution >= 4 is 11.5 Å². The van der Waals surface area contributed by atoms with Crippen LogP contribution >= 0.6 is 0 Å². The Morgan fingerprint density at radius 2 is 1.88 bits per heavy atom. The van der Waals surface area contributed by atoms with E-state index in [0.717, 1.165) is 28.3 Å². The molecule has 4 rings (SSSR count). The van der Waals surface area contributed by atoms with Crippen LogP contribution in [0.1, 0.15) is 5.56 Å².